The van der Waals surface area contributed by atoms with Crippen molar-refractivity contribution in [2.45, 2.75) is 25.9 Å². The fourth-order valence-electron chi connectivity index (χ4n) is 3.10. The maximum Gasteiger partial charge on any atom is 0.181 e. The van der Waals surface area contributed by atoms with E-state index in [2.05, 4.69) is 46.5 Å². The SMILES string of the molecule is CC1c2ccsc2CCN1Cc1ccc2nc(N)sc2c1. The zero-order valence-corrected chi connectivity index (χ0v) is 13.5. The first kappa shape index (κ1) is 13.2. The molecule has 1 aliphatic rings. The lowest BCUT2D eigenvalue weighted by molar-refractivity contribution is 0.191. The molecule has 3 nitrogen and oxygen atoms in total. The molecule has 0 amide bonds. The summed E-state index contributed by atoms with van der Waals surface area (Å²) in [6, 6.07) is 9.28. The average molecular weight is 315 g/mol. The number of aromatic nitrogens is 1. The molecule has 1 atom stereocenters. The Morgan fingerprint density at radius 2 is 2.29 bits per heavy atom. The first-order valence-corrected chi connectivity index (χ1v) is 8.85. The van der Waals surface area contributed by atoms with Gasteiger partial charge >= 0.3 is 0 Å². The lowest BCUT2D eigenvalue weighted by Gasteiger charge is -2.33. The fraction of sp³-hybridized carbons (Fsp3) is 0.312. The third-order valence-electron chi connectivity index (χ3n) is 4.26. The summed E-state index contributed by atoms with van der Waals surface area (Å²) in [4.78, 5) is 8.44. The Morgan fingerprint density at radius 1 is 1.38 bits per heavy atom. The van der Waals surface area contributed by atoms with Crippen molar-refractivity contribution in [3.63, 3.8) is 0 Å². The van der Waals surface area contributed by atoms with Crippen LogP contribution in [0.1, 0.15) is 29.0 Å². The Hall–Kier alpha value is -1.43. The van der Waals surface area contributed by atoms with Crippen LogP contribution in [0.5, 0.6) is 0 Å². The molecule has 0 bridgehead atoms. The Labute approximate surface area is 132 Å². The number of benzene rings is 1. The highest BCUT2D eigenvalue weighted by Gasteiger charge is 2.24. The topological polar surface area (TPSA) is 42.2 Å². The molecule has 5 heteroatoms. The number of nitrogens with two attached hydrogens (primary N) is 1. The first-order valence-electron chi connectivity index (χ1n) is 7.16. The standard InChI is InChI=1S/C16H17N3S2/c1-10-12-5-7-20-14(12)4-6-19(10)9-11-2-3-13-15(8-11)21-16(17)18-13/h2-3,5,7-8,10H,4,6,9H2,1H3,(H2,17,18). The smallest absolute Gasteiger partial charge is 0.181 e. The molecule has 1 unspecified atom stereocenters. The normalized spacial score (nSPS) is 19.0. The lowest BCUT2D eigenvalue weighted by atomic mass is 10.0. The Kier molecular flexibility index (Phi) is 3.21. The molecule has 2 N–H and O–H groups in total. The molecule has 1 aliphatic heterocycles. The number of rotatable bonds is 2. The number of thiophene rings is 1. The maximum absolute atomic E-state index is 5.79. The van der Waals surface area contributed by atoms with Gasteiger partial charge in [-0.15, -0.1) is 11.3 Å². The Balaban J connectivity index is 1.60. The second-order valence-corrected chi connectivity index (χ2v) is 7.61. The van der Waals surface area contributed by atoms with Gasteiger partial charge in [0.1, 0.15) is 0 Å². The van der Waals surface area contributed by atoms with E-state index < -0.39 is 0 Å². The monoisotopic (exact) mass is 315 g/mol. The van der Waals surface area contributed by atoms with E-state index in [1.807, 2.05) is 11.3 Å². The summed E-state index contributed by atoms with van der Waals surface area (Å²) in [6.45, 7) is 4.44. The molecule has 0 aliphatic carbocycles. The molecule has 0 saturated heterocycles. The summed E-state index contributed by atoms with van der Waals surface area (Å²) >= 11 is 3.46. The molecule has 4 rings (SSSR count). The van der Waals surface area contributed by atoms with Crippen molar-refractivity contribution < 1.29 is 0 Å². The summed E-state index contributed by atoms with van der Waals surface area (Å²) in [5, 5.41) is 2.87. The van der Waals surface area contributed by atoms with Crippen LogP contribution in [-0.2, 0) is 13.0 Å². The molecule has 2 aromatic heterocycles. The number of nitrogens with zero attached hydrogens (tertiary/aromatic N) is 2. The summed E-state index contributed by atoms with van der Waals surface area (Å²) in [5.74, 6) is 0. The van der Waals surface area contributed by atoms with Crippen LogP contribution in [0.2, 0.25) is 0 Å². The second kappa shape index (κ2) is 5.09. The van der Waals surface area contributed by atoms with E-state index in [0.717, 1.165) is 18.6 Å². The molecule has 3 heterocycles. The van der Waals surface area contributed by atoms with Gasteiger partial charge in [0.15, 0.2) is 5.13 Å². The molecular weight excluding hydrogens is 298 g/mol. The predicted octanol–water partition coefficient (Wildman–Crippen LogP) is 4.06. The van der Waals surface area contributed by atoms with Crippen molar-refractivity contribution >= 4 is 38.0 Å². The van der Waals surface area contributed by atoms with Gasteiger partial charge in [0.2, 0.25) is 0 Å². The highest BCUT2D eigenvalue weighted by atomic mass is 32.1. The average Bonchev–Trinajstić information content (AvgIpc) is 3.07. The highest BCUT2D eigenvalue weighted by Crippen LogP contribution is 2.34. The van der Waals surface area contributed by atoms with Crippen LogP contribution < -0.4 is 5.73 Å². The van der Waals surface area contributed by atoms with Crippen molar-refractivity contribution in [1.82, 2.24) is 9.88 Å². The van der Waals surface area contributed by atoms with E-state index in [0.29, 0.717) is 11.2 Å². The summed E-state index contributed by atoms with van der Waals surface area (Å²) in [5.41, 5.74) is 9.65. The van der Waals surface area contributed by atoms with Crippen molar-refractivity contribution in [3.8, 4) is 0 Å². The van der Waals surface area contributed by atoms with Gasteiger partial charge in [0, 0.05) is 24.0 Å². The number of nitrogen functional groups attached to an aromatic ring is 1. The predicted molar refractivity (Wildman–Crippen MR) is 90.9 cm³/mol. The number of hydrogen-bond acceptors (Lipinski definition) is 5. The van der Waals surface area contributed by atoms with E-state index in [1.54, 1.807) is 16.2 Å². The van der Waals surface area contributed by atoms with E-state index in [4.69, 9.17) is 5.73 Å². The van der Waals surface area contributed by atoms with Gasteiger partial charge < -0.3 is 5.73 Å². The lowest BCUT2D eigenvalue weighted by Crippen LogP contribution is -2.32. The molecule has 3 aromatic rings. The van der Waals surface area contributed by atoms with Gasteiger partial charge in [-0.1, -0.05) is 17.4 Å². The van der Waals surface area contributed by atoms with E-state index in [-0.39, 0.29) is 0 Å². The maximum atomic E-state index is 5.79. The minimum atomic E-state index is 0.502. The summed E-state index contributed by atoms with van der Waals surface area (Å²) < 4.78 is 1.19. The molecular formula is C16H17N3S2. The van der Waals surface area contributed by atoms with Gasteiger partial charge in [-0.25, -0.2) is 4.98 Å². The van der Waals surface area contributed by atoms with Gasteiger partial charge in [-0.2, -0.15) is 0 Å². The van der Waals surface area contributed by atoms with Crippen LogP contribution in [0.4, 0.5) is 5.13 Å². The Morgan fingerprint density at radius 3 is 3.19 bits per heavy atom. The largest absolute Gasteiger partial charge is 0.375 e. The molecule has 21 heavy (non-hydrogen) atoms. The van der Waals surface area contributed by atoms with Gasteiger partial charge in [-0.3, -0.25) is 4.90 Å². The van der Waals surface area contributed by atoms with Crippen LogP contribution >= 0.6 is 22.7 Å². The van der Waals surface area contributed by atoms with Crippen LogP contribution in [0, 0.1) is 0 Å². The zero-order valence-electron chi connectivity index (χ0n) is 11.9. The van der Waals surface area contributed by atoms with Gasteiger partial charge in [-0.05, 0) is 48.1 Å². The number of fused-ring (bicyclic) bond motifs is 2. The highest BCUT2D eigenvalue weighted by molar-refractivity contribution is 7.22. The van der Waals surface area contributed by atoms with Crippen LogP contribution in [0.3, 0.4) is 0 Å². The molecule has 0 spiro atoms. The zero-order chi connectivity index (χ0) is 14.4. The minimum Gasteiger partial charge on any atom is -0.375 e. The van der Waals surface area contributed by atoms with E-state index in [9.17, 15) is 0 Å². The van der Waals surface area contributed by atoms with Crippen molar-refractivity contribution in [2.75, 3.05) is 12.3 Å². The van der Waals surface area contributed by atoms with Crippen LogP contribution in [0.25, 0.3) is 10.2 Å². The Bertz CT molecular complexity index is 790. The van der Waals surface area contributed by atoms with Gasteiger partial charge in [0.25, 0.3) is 0 Å². The summed E-state index contributed by atoms with van der Waals surface area (Å²) in [6.07, 6.45) is 1.17. The van der Waals surface area contributed by atoms with Crippen molar-refractivity contribution in [3.05, 3.63) is 45.6 Å². The summed E-state index contributed by atoms with van der Waals surface area (Å²) in [7, 11) is 0. The van der Waals surface area contributed by atoms with Crippen molar-refractivity contribution in [2.24, 2.45) is 0 Å². The number of thiazole rings is 1. The van der Waals surface area contributed by atoms with E-state index in [1.165, 1.54) is 22.2 Å². The third-order valence-corrected chi connectivity index (χ3v) is 6.10. The minimum absolute atomic E-state index is 0.502. The number of hydrogen-bond donors (Lipinski definition) is 1. The van der Waals surface area contributed by atoms with Crippen LogP contribution in [0.15, 0.2) is 29.6 Å². The molecule has 0 fully saturated rings. The third kappa shape index (κ3) is 2.35. The molecule has 0 radical (unpaired) electrons. The van der Waals surface area contributed by atoms with Crippen molar-refractivity contribution in [1.29, 1.82) is 0 Å². The first-order chi connectivity index (χ1) is 10.2. The van der Waals surface area contributed by atoms with E-state index >= 15 is 0 Å². The second-order valence-electron chi connectivity index (χ2n) is 5.55. The quantitative estimate of drug-likeness (QED) is 0.775. The fourth-order valence-corrected chi connectivity index (χ4v) is 4.86. The molecule has 108 valence electrons. The molecule has 0 saturated carbocycles. The van der Waals surface area contributed by atoms with Crippen LogP contribution in [-0.4, -0.2) is 16.4 Å². The van der Waals surface area contributed by atoms with Gasteiger partial charge in [0.05, 0.1) is 10.2 Å². The number of anilines is 1. The molecule has 1 aromatic carbocycles.